The van der Waals surface area contributed by atoms with Crippen molar-refractivity contribution in [3.63, 3.8) is 0 Å². The van der Waals surface area contributed by atoms with Crippen LogP contribution in [0.15, 0.2) is 0 Å². The number of halogens is 1. The molecule has 0 radical (unpaired) electrons. The molecule has 0 atom stereocenters. The van der Waals surface area contributed by atoms with Gasteiger partial charge in [-0.1, -0.05) is 0 Å². The van der Waals surface area contributed by atoms with Crippen LogP contribution in [0, 0.1) is 5.69 Å². The molecule has 0 aromatic rings. The number of rotatable bonds is 0. The summed E-state index contributed by atoms with van der Waals surface area (Å²) in [5, 5.41) is 4.00. The average Bonchev–Trinajstić information content (AvgIpc) is 1.90. The van der Waals surface area contributed by atoms with Crippen molar-refractivity contribution in [2.45, 2.75) is 18.1 Å². The molecule has 0 bridgehead atoms. The fraction of sp³-hybridized carbons (Fsp3) is 0.833. The van der Waals surface area contributed by atoms with E-state index in [1.807, 2.05) is 0 Å². The van der Waals surface area contributed by atoms with E-state index < -0.39 is 0 Å². The zero-order valence-electron chi connectivity index (χ0n) is 5.30. The van der Waals surface area contributed by atoms with Gasteiger partial charge < -0.3 is 5.32 Å². The van der Waals surface area contributed by atoms with Crippen molar-refractivity contribution in [2.75, 3.05) is 13.1 Å². The summed E-state index contributed by atoms with van der Waals surface area (Å²) in [5.41, 5.74) is 5.39. The molecule has 0 aromatic carbocycles. The number of hydrogen-bond acceptors (Lipinski definition) is 1. The fourth-order valence-corrected chi connectivity index (χ4v) is 1.44. The molecule has 0 spiro atoms. The molecule has 9 heavy (non-hydrogen) atoms. The van der Waals surface area contributed by atoms with Crippen LogP contribution in [0.2, 0.25) is 0 Å². The normalized spacial score (nSPS) is 20.3. The maximum absolute atomic E-state index is 5.39. The van der Waals surface area contributed by atoms with Gasteiger partial charge in [0.2, 0.25) is 0 Å². The molecule has 0 aromatic heterocycles. The van der Waals surface area contributed by atoms with Gasteiger partial charge in [-0.3, -0.25) is 0 Å². The van der Waals surface area contributed by atoms with Crippen molar-refractivity contribution in [3.05, 3.63) is 0 Å². The first-order valence-electron chi connectivity index (χ1n) is 3.00. The standard InChI is InChI=1S/C6H11NS.ClH/c1-8-6-2-4-7-5-3-6;/h1,6-7H,2-5H2;1H. The molecule has 1 fully saturated rings. The second kappa shape index (κ2) is 5.07. The first-order valence-corrected chi connectivity index (χ1v) is 3.94. The Hall–Kier alpha value is 0.250. The Balaban J connectivity index is 0.000000640. The predicted octanol–water partition coefficient (Wildman–Crippen LogP) is 1.48. The molecule has 1 aliphatic rings. The Morgan fingerprint density at radius 1 is 1.33 bits per heavy atom. The van der Waals surface area contributed by atoms with Crippen LogP contribution in [0.3, 0.4) is 0 Å². The van der Waals surface area contributed by atoms with E-state index in [-0.39, 0.29) is 12.4 Å². The van der Waals surface area contributed by atoms with Crippen molar-refractivity contribution >= 4 is 23.6 Å². The van der Waals surface area contributed by atoms with E-state index in [9.17, 15) is 0 Å². The largest absolute Gasteiger partial charge is 0.317 e. The van der Waals surface area contributed by atoms with Crippen molar-refractivity contribution in [2.24, 2.45) is 0 Å². The Kier molecular flexibility index (Phi) is 5.21. The van der Waals surface area contributed by atoms with Crippen LogP contribution < -0.4 is 5.32 Å². The topological polar surface area (TPSA) is 12.0 Å². The van der Waals surface area contributed by atoms with Gasteiger partial charge in [0.05, 0.1) is 0 Å². The molecule has 0 amide bonds. The summed E-state index contributed by atoms with van der Waals surface area (Å²) in [6.45, 7) is 2.30. The van der Waals surface area contributed by atoms with Gasteiger partial charge >= 0.3 is 0 Å². The van der Waals surface area contributed by atoms with Crippen molar-refractivity contribution < 1.29 is 0 Å². The quantitative estimate of drug-likeness (QED) is 0.574. The second-order valence-corrected chi connectivity index (χ2v) is 3.02. The third kappa shape index (κ3) is 3.07. The van der Waals surface area contributed by atoms with Crippen LogP contribution in [-0.4, -0.2) is 18.3 Å². The maximum atomic E-state index is 5.39. The lowest BCUT2D eigenvalue weighted by atomic mass is 10.2. The molecule has 1 rings (SSSR count). The first-order chi connectivity index (χ1) is 3.93. The SMILES string of the molecule is C#SC1CCNCC1.Cl. The van der Waals surface area contributed by atoms with Gasteiger partial charge in [0.1, 0.15) is 0 Å². The minimum atomic E-state index is 0. The molecule has 1 aliphatic heterocycles. The molecule has 1 saturated heterocycles. The van der Waals surface area contributed by atoms with E-state index in [1.54, 1.807) is 0 Å². The molecule has 1 N–H and O–H groups in total. The summed E-state index contributed by atoms with van der Waals surface area (Å²) in [5.74, 6) is 0. The van der Waals surface area contributed by atoms with E-state index in [1.165, 1.54) is 24.0 Å². The van der Waals surface area contributed by atoms with Gasteiger partial charge in [0.15, 0.2) is 0 Å². The summed E-state index contributed by atoms with van der Waals surface area (Å²) in [4.78, 5) is 0. The number of nitrogens with one attached hydrogen (secondary N) is 1. The third-order valence-electron chi connectivity index (χ3n) is 1.48. The average molecular weight is 166 g/mol. The molecule has 0 saturated carbocycles. The van der Waals surface area contributed by atoms with Crippen LogP contribution in [-0.2, 0) is 0 Å². The molecule has 1 heterocycles. The van der Waals surface area contributed by atoms with Crippen molar-refractivity contribution in [1.29, 1.82) is 0 Å². The van der Waals surface area contributed by atoms with Gasteiger partial charge in [0, 0.05) is 5.25 Å². The maximum Gasteiger partial charge on any atom is 0.0312 e. The van der Waals surface area contributed by atoms with Gasteiger partial charge in [0.25, 0.3) is 0 Å². The Bertz CT molecular complexity index is 104. The Labute approximate surface area is 66.2 Å². The van der Waals surface area contributed by atoms with Crippen LogP contribution in [0.25, 0.3) is 0 Å². The van der Waals surface area contributed by atoms with E-state index >= 15 is 0 Å². The smallest absolute Gasteiger partial charge is 0.0312 e. The molecular formula is C6H12ClNS. The highest BCUT2D eigenvalue weighted by molar-refractivity contribution is 7.88. The van der Waals surface area contributed by atoms with E-state index in [2.05, 4.69) is 5.32 Å². The van der Waals surface area contributed by atoms with E-state index in [4.69, 9.17) is 5.69 Å². The number of hydrogen-bond donors (Lipinski definition) is 1. The lowest BCUT2D eigenvalue weighted by molar-refractivity contribution is 0.533. The van der Waals surface area contributed by atoms with Crippen molar-refractivity contribution in [1.82, 2.24) is 5.32 Å². The summed E-state index contributed by atoms with van der Waals surface area (Å²) in [6, 6.07) is 0. The highest BCUT2D eigenvalue weighted by Crippen LogP contribution is 2.10. The van der Waals surface area contributed by atoms with Gasteiger partial charge in [-0.2, -0.15) is 0 Å². The molecule has 1 nitrogen and oxygen atoms in total. The lowest BCUT2D eigenvalue weighted by Crippen LogP contribution is -2.28. The molecule has 54 valence electrons. The number of piperidine rings is 1. The van der Waals surface area contributed by atoms with Crippen LogP contribution in [0.5, 0.6) is 0 Å². The minimum absolute atomic E-state index is 0. The Morgan fingerprint density at radius 2 is 1.89 bits per heavy atom. The van der Waals surface area contributed by atoms with Gasteiger partial charge in [-0.25, -0.2) is 0 Å². The Morgan fingerprint density at radius 3 is 2.22 bits per heavy atom. The second-order valence-electron chi connectivity index (χ2n) is 2.09. The highest BCUT2D eigenvalue weighted by atomic mass is 35.5. The predicted molar refractivity (Wildman–Crippen MR) is 45.7 cm³/mol. The summed E-state index contributed by atoms with van der Waals surface area (Å²) in [7, 11) is 0. The monoisotopic (exact) mass is 165 g/mol. The van der Waals surface area contributed by atoms with Crippen LogP contribution in [0.4, 0.5) is 0 Å². The summed E-state index contributed by atoms with van der Waals surface area (Å²) in [6.07, 6.45) is 2.47. The summed E-state index contributed by atoms with van der Waals surface area (Å²) >= 11 is 1.51. The fourth-order valence-electron chi connectivity index (χ4n) is 0.932. The van der Waals surface area contributed by atoms with Crippen molar-refractivity contribution in [3.8, 4) is 5.69 Å². The molecule has 3 heteroatoms. The first kappa shape index (κ1) is 9.25. The van der Waals surface area contributed by atoms with Gasteiger partial charge in [-0.05, 0) is 25.9 Å². The van der Waals surface area contributed by atoms with E-state index in [0.717, 1.165) is 18.3 Å². The molecular weight excluding hydrogens is 154 g/mol. The van der Waals surface area contributed by atoms with Crippen LogP contribution in [0.1, 0.15) is 12.8 Å². The summed E-state index contributed by atoms with van der Waals surface area (Å²) < 4.78 is 0. The van der Waals surface area contributed by atoms with Gasteiger partial charge in [-0.15, -0.1) is 29.3 Å². The van der Waals surface area contributed by atoms with Crippen LogP contribution >= 0.6 is 23.6 Å². The lowest BCUT2D eigenvalue weighted by Gasteiger charge is -2.16. The zero-order chi connectivity index (χ0) is 5.82. The van der Waals surface area contributed by atoms with E-state index in [0.29, 0.717) is 0 Å². The molecule has 0 aliphatic carbocycles. The molecule has 0 unspecified atom stereocenters. The minimum Gasteiger partial charge on any atom is -0.317 e. The zero-order valence-corrected chi connectivity index (χ0v) is 6.93. The highest BCUT2D eigenvalue weighted by Gasteiger charge is 2.08. The third-order valence-corrected chi connectivity index (χ3v) is 2.33.